The molecule has 1 spiro atoms. The van der Waals surface area contributed by atoms with E-state index in [4.69, 9.17) is 0 Å². The summed E-state index contributed by atoms with van der Waals surface area (Å²) < 4.78 is 0. The van der Waals surface area contributed by atoms with Gasteiger partial charge < -0.3 is 4.90 Å². The molecule has 1 nitrogen and oxygen atoms in total. The minimum absolute atomic E-state index is 0.00201. The lowest BCUT2D eigenvalue weighted by molar-refractivity contribution is -0.0399. The van der Waals surface area contributed by atoms with Gasteiger partial charge in [0, 0.05) is 22.7 Å². The van der Waals surface area contributed by atoms with Crippen molar-refractivity contribution < 1.29 is 0 Å². The fourth-order valence-electron chi connectivity index (χ4n) is 14.7. The zero-order chi connectivity index (χ0) is 46.9. The van der Waals surface area contributed by atoms with E-state index in [9.17, 15) is 0 Å². The highest BCUT2D eigenvalue weighted by molar-refractivity contribution is 5.87. The summed E-state index contributed by atoms with van der Waals surface area (Å²) in [5, 5.41) is 0. The lowest BCUT2D eigenvalue weighted by Gasteiger charge is -2.61. The Labute approximate surface area is 419 Å². The fraction of sp³-hybridized carbons (Fsp3) is 0.171. The first kappa shape index (κ1) is 42.2. The first-order chi connectivity index (χ1) is 35.2. The first-order valence-corrected chi connectivity index (χ1v) is 26.2. The molecule has 0 saturated heterocycles. The molecule has 4 fully saturated rings. The lowest BCUT2D eigenvalue weighted by atomic mass is 9.43. The molecular formula is C70H57N. The van der Waals surface area contributed by atoms with Crippen LogP contribution in [0.25, 0.3) is 66.8 Å². The predicted molar refractivity (Wildman–Crippen MR) is 297 cm³/mol. The highest BCUT2D eigenvalue weighted by Crippen LogP contribution is 2.69. The lowest BCUT2D eigenvalue weighted by Crippen LogP contribution is -2.55. The Kier molecular flexibility index (Phi) is 10.3. The number of rotatable bonds is 9. The monoisotopic (exact) mass is 911 g/mol. The molecule has 71 heavy (non-hydrogen) atoms. The molecule has 4 saturated carbocycles. The normalized spacial score (nSPS) is 23.2. The Hall–Kier alpha value is -7.74. The second-order valence-corrected chi connectivity index (χ2v) is 21.2. The predicted octanol–water partition coefficient (Wildman–Crippen LogP) is 18.2. The topological polar surface area (TPSA) is 3.24 Å². The Morgan fingerprint density at radius 3 is 1.41 bits per heavy atom. The summed E-state index contributed by atoms with van der Waals surface area (Å²) in [6, 6.07) is 84.2. The van der Waals surface area contributed by atoms with Gasteiger partial charge in [-0.15, -0.1) is 0 Å². The SMILES string of the molecule is C1=CC(c2ccccc2-c2ccccc2-c2ccccc2)C(N(c2ccc(-c3ccc(-c4ccccc4)cc3)cc2)c2ccc(-c3ccc4c(c3)C3(c5ccccc5-4)C4CC5CC(C4)CC3C5)cc2)C=C1. The van der Waals surface area contributed by atoms with Crippen LogP contribution in [0.15, 0.2) is 249 Å². The highest BCUT2D eigenvalue weighted by Gasteiger charge is 2.61. The van der Waals surface area contributed by atoms with E-state index in [-0.39, 0.29) is 17.4 Å². The van der Waals surface area contributed by atoms with Crippen LogP contribution in [0, 0.1) is 23.7 Å². The summed E-state index contributed by atoms with van der Waals surface area (Å²) in [6.45, 7) is 0. The molecule has 6 aliphatic rings. The molecule has 0 amide bonds. The molecular weight excluding hydrogens is 855 g/mol. The second-order valence-electron chi connectivity index (χ2n) is 21.2. The smallest absolute Gasteiger partial charge is 0.0628 e. The van der Waals surface area contributed by atoms with Crippen LogP contribution in [0.1, 0.15) is 54.7 Å². The maximum Gasteiger partial charge on any atom is 0.0628 e. The fourth-order valence-corrected chi connectivity index (χ4v) is 14.7. The van der Waals surface area contributed by atoms with Crippen LogP contribution in [0.2, 0.25) is 0 Å². The van der Waals surface area contributed by atoms with E-state index in [2.05, 4.69) is 254 Å². The average Bonchev–Trinajstić information content (AvgIpc) is 3.73. The van der Waals surface area contributed by atoms with Gasteiger partial charge in [-0.2, -0.15) is 0 Å². The van der Waals surface area contributed by atoms with Crippen molar-refractivity contribution in [1.29, 1.82) is 0 Å². The van der Waals surface area contributed by atoms with Gasteiger partial charge in [0.2, 0.25) is 0 Å². The van der Waals surface area contributed by atoms with Gasteiger partial charge in [0.15, 0.2) is 0 Å². The Balaban J connectivity index is 0.855. The van der Waals surface area contributed by atoms with Gasteiger partial charge in [0.05, 0.1) is 6.04 Å². The minimum atomic E-state index is 0.00201. The van der Waals surface area contributed by atoms with Gasteiger partial charge in [0.25, 0.3) is 0 Å². The van der Waals surface area contributed by atoms with Crippen molar-refractivity contribution in [1.82, 2.24) is 0 Å². The number of allylic oxidation sites excluding steroid dienone is 2. The van der Waals surface area contributed by atoms with E-state index < -0.39 is 0 Å². The standard InChI is InChI=1S/C70H57N/c1-3-15-49(16-4-1)50-27-29-51(30-28-50)52-31-36-58(37-32-52)71(69-26-14-12-24-66(69)63-22-10-9-21-62(63)61-20-8-7-19-60(61)54-17-5-2-6-18-54)59-38-33-53(34-39-59)55-35-40-65-64-23-11-13-25-67(64)70(68(65)46-55)56-42-47-41-48(44-56)45-57(70)43-47/h1-40,46-48,56-57,66,69H,41-45H2. The number of nitrogens with zero attached hydrogens (tertiary/aromatic N) is 1. The Morgan fingerprint density at radius 1 is 0.324 bits per heavy atom. The van der Waals surface area contributed by atoms with E-state index in [1.165, 1.54) is 116 Å². The van der Waals surface area contributed by atoms with Crippen molar-refractivity contribution in [2.75, 3.05) is 4.90 Å². The second kappa shape index (κ2) is 17.3. The van der Waals surface area contributed by atoms with Crippen molar-refractivity contribution in [2.24, 2.45) is 23.7 Å². The quantitative estimate of drug-likeness (QED) is 0.139. The van der Waals surface area contributed by atoms with Crippen molar-refractivity contribution in [3.05, 3.63) is 265 Å². The first-order valence-electron chi connectivity index (χ1n) is 26.2. The zero-order valence-corrected chi connectivity index (χ0v) is 40.1. The van der Waals surface area contributed by atoms with Gasteiger partial charge in [-0.1, -0.05) is 218 Å². The van der Waals surface area contributed by atoms with Gasteiger partial charge in [0.1, 0.15) is 0 Å². The van der Waals surface area contributed by atoms with Crippen molar-refractivity contribution in [3.63, 3.8) is 0 Å². The van der Waals surface area contributed by atoms with Crippen LogP contribution in [-0.2, 0) is 5.41 Å². The molecule has 2 unspecified atom stereocenters. The molecule has 0 N–H and O–H groups in total. The molecule has 6 aliphatic carbocycles. The Morgan fingerprint density at radius 2 is 0.775 bits per heavy atom. The van der Waals surface area contributed by atoms with Gasteiger partial charge in [-0.3, -0.25) is 0 Å². The highest BCUT2D eigenvalue weighted by atomic mass is 15.2. The summed E-state index contributed by atoms with van der Waals surface area (Å²) in [7, 11) is 0. The summed E-state index contributed by atoms with van der Waals surface area (Å²) >= 11 is 0. The molecule has 342 valence electrons. The summed E-state index contributed by atoms with van der Waals surface area (Å²) in [5.74, 6) is 3.41. The van der Waals surface area contributed by atoms with Gasteiger partial charge >= 0.3 is 0 Å². The molecule has 9 aromatic carbocycles. The van der Waals surface area contributed by atoms with E-state index in [0.29, 0.717) is 0 Å². The zero-order valence-electron chi connectivity index (χ0n) is 40.1. The molecule has 0 radical (unpaired) electrons. The number of benzene rings is 9. The van der Waals surface area contributed by atoms with Crippen molar-refractivity contribution in [2.45, 2.75) is 49.5 Å². The van der Waals surface area contributed by atoms with Gasteiger partial charge in [-0.05, 0) is 170 Å². The third-order valence-corrected chi connectivity index (χ3v) is 17.5. The van der Waals surface area contributed by atoms with E-state index >= 15 is 0 Å². The summed E-state index contributed by atoms with van der Waals surface area (Å²) in [5.41, 5.74) is 22.5. The van der Waals surface area contributed by atoms with Crippen molar-refractivity contribution in [3.8, 4) is 66.8 Å². The number of hydrogen-bond acceptors (Lipinski definition) is 1. The number of hydrogen-bond donors (Lipinski definition) is 0. The van der Waals surface area contributed by atoms with E-state index in [1.807, 2.05) is 0 Å². The van der Waals surface area contributed by atoms with Crippen molar-refractivity contribution >= 4 is 11.4 Å². The average molecular weight is 912 g/mol. The largest absolute Gasteiger partial charge is 0.334 e. The van der Waals surface area contributed by atoms with E-state index in [1.54, 1.807) is 11.1 Å². The molecule has 0 heterocycles. The van der Waals surface area contributed by atoms with Crippen LogP contribution in [0.4, 0.5) is 11.4 Å². The third-order valence-electron chi connectivity index (χ3n) is 17.5. The summed E-state index contributed by atoms with van der Waals surface area (Å²) in [6.07, 6.45) is 16.4. The Bertz CT molecular complexity index is 3440. The molecule has 0 aromatic heterocycles. The molecule has 2 atom stereocenters. The van der Waals surface area contributed by atoms with Crippen LogP contribution >= 0.6 is 0 Å². The molecule has 4 bridgehead atoms. The van der Waals surface area contributed by atoms with Crippen LogP contribution in [0.5, 0.6) is 0 Å². The molecule has 0 aliphatic heterocycles. The van der Waals surface area contributed by atoms with Crippen LogP contribution in [-0.4, -0.2) is 6.04 Å². The maximum atomic E-state index is 2.63. The number of fused-ring (bicyclic) bond motifs is 3. The number of anilines is 2. The van der Waals surface area contributed by atoms with Crippen LogP contribution in [0.3, 0.4) is 0 Å². The van der Waals surface area contributed by atoms with Crippen LogP contribution < -0.4 is 4.90 Å². The molecule has 15 rings (SSSR count). The molecule has 1 heteroatoms. The molecule has 9 aromatic rings. The minimum Gasteiger partial charge on any atom is -0.334 e. The van der Waals surface area contributed by atoms with Gasteiger partial charge in [-0.25, -0.2) is 0 Å². The summed E-state index contributed by atoms with van der Waals surface area (Å²) in [4.78, 5) is 2.58. The van der Waals surface area contributed by atoms with E-state index in [0.717, 1.165) is 23.7 Å². The maximum absolute atomic E-state index is 2.63. The third kappa shape index (κ3) is 7.04.